The van der Waals surface area contributed by atoms with Gasteiger partial charge in [-0.15, -0.1) is 0 Å². The molecule has 1 heterocycles. The standard InChI is InChI=1S/C15H23NO2/c1-13-6-5-9-16(10-13)11-14(17)12-18-15-7-3-2-4-8-15/h2-4,7-8,13-14,17H,5-6,9-12H2,1H3. The van der Waals surface area contributed by atoms with Crippen molar-refractivity contribution in [3.63, 3.8) is 0 Å². The molecule has 0 radical (unpaired) electrons. The van der Waals surface area contributed by atoms with Gasteiger partial charge in [-0.05, 0) is 37.4 Å². The van der Waals surface area contributed by atoms with Crippen molar-refractivity contribution in [1.82, 2.24) is 4.90 Å². The highest BCUT2D eigenvalue weighted by Gasteiger charge is 2.18. The van der Waals surface area contributed by atoms with Crippen molar-refractivity contribution in [2.75, 3.05) is 26.2 Å². The van der Waals surface area contributed by atoms with Gasteiger partial charge in [0.2, 0.25) is 0 Å². The number of likely N-dealkylation sites (tertiary alicyclic amines) is 1. The quantitative estimate of drug-likeness (QED) is 0.868. The molecule has 1 aromatic rings. The van der Waals surface area contributed by atoms with Crippen molar-refractivity contribution in [3.05, 3.63) is 30.3 Å². The van der Waals surface area contributed by atoms with Crippen LogP contribution in [0.25, 0.3) is 0 Å². The maximum absolute atomic E-state index is 9.98. The molecule has 1 aliphatic heterocycles. The summed E-state index contributed by atoms with van der Waals surface area (Å²) < 4.78 is 5.56. The van der Waals surface area contributed by atoms with E-state index in [0.29, 0.717) is 6.61 Å². The number of ether oxygens (including phenoxy) is 1. The van der Waals surface area contributed by atoms with Crippen LogP contribution >= 0.6 is 0 Å². The summed E-state index contributed by atoms with van der Waals surface area (Å²) in [5, 5.41) is 9.98. The first-order valence-corrected chi connectivity index (χ1v) is 6.82. The van der Waals surface area contributed by atoms with Gasteiger partial charge in [0.05, 0.1) is 0 Å². The second-order valence-electron chi connectivity index (χ2n) is 5.28. The van der Waals surface area contributed by atoms with E-state index in [1.165, 1.54) is 12.8 Å². The fraction of sp³-hybridized carbons (Fsp3) is 0.600. The van der Waals surface area contributed by atoms with Crippen LogP contribution < -0.4 is 4.74 Å². The van der Waals surface area contributed by atoms with Gasteiger partial charge in [-0.3, -0.25) is 0 Å². The highest BCUT2D eigenvalue weighted by molar-refractivity contribution is 5.20. The highest BCUT2D eigenvalue weighted by atomic mass is 16.5. The van der Waals surface area contributed by atoms with E-state index in [9.17, 15) is 5.11 Å². The Morgan fingerprint density at radius 3 is 2.89 bits per heavy atom. The van der Waals surface area contributed by atoms with E-state index in [1.54, 1.807) is 0 Å². The molecular formula is C15H23NO2. The van der Waals surface area contributed by atoms with Crippen molar-refractivity contribution in [3.8, 4) is 5.75 Å². The van der Waals surface area contributed by atoms with Crippen LogP contribution in [0.15, 0.2) is 30.3 Å². The Bertz CT molecular complexity index is 342. The van der Waals surface area contributed by atoms with Gasteiger partial charge in [-0.2, -0.15) is 0 Å². The van der Waals surface area contributed by atoms with Crippen LogP contribution in [0.1, 0.15) is 19.8 Å². The molecule has 0 saturated carbocycles. The summed E-state index contributed by atoms with van der Waals surface area (Å²) in [4.78, 5) is 2.34. The zero-order valence-electron chi connectivity index (χ0n) is 11.1. The lowest BCUT2D eigenvalue weighted by atomic mass is 10.0. The molecule has 1 saturated heterocycles. The van der Waals surface area contributed by atoms with Gasteiger partial charge < -0.3 is 14.7 Å². The smallest absolute Gasteiger partial charge is 0.119 e. The number of piperidine rings is 1. The monoisotopic (exact) mass is 249 g/mol. The number of aliphatic hydroxyl groups excluding tert-OH is 1. The van der Waals surface area contributed by atoms with E-state index in [1.807, 2.05) is 30.3 Å². The number of nitrogens with zero attached hydrogens (tertiary/aromatic N) is 1. The number of β-amino-alcohol motifs (C(OH)–C–C–N with tert-alkyl or cyclic N) is 1. The van der Waals surface area contributed by atoms with E-state index in [4.69, 9.17) is 4.74 Å². The van der Waals surface area contributed by atoms with E-state index in [2.05, 4.69) is 11.8 Å². The lowest BCUT2D eigenvalue weighted by Gasteiger charge is -2.32. The zero-order chi connectivity index (χ0) is 12.8. The number of aliphatic hydroxyl groups is 1. The zero-order valence-corrected chi connectivity index (χ0v) is 11.1. The van der Waals surface area contributed by atoms with Crippen LogP contribution in [0.2, 0.25) is 0 Å². The van der Waals surface area contributed by atoms with Crippen LogP contribution in [0.5, 0.6) is 5.75 Å². The van der Waals surface area contributed by atoms with Gasteiger partial charge in [-0.25, -0.2) is 0 Å². The first-order valence-electron chi connectivity index (χ1n) is 6.82. The molecule has 2 atom stereocenters. The van der Waals surface area contributed by atoms with Crippen molar-refractivity contribution in [2.24, 2.45) is 5.92 Å². The number of hydrogen-bond donors (Lipinski definition) is 1. The minimum Gasteiger partial charge on any atom is -0.491 e. The molecule has 3 heteroatoms. The largest absolute Gasteiger partial charge is 0.491 e. The Morgan fingerprint density at radius 1 is 1.39 bits per heavy atom. The maximum Gasteiger partial charge on any atom is 0.119 e. The average Bonchev–Trinajstić information content (AvgIpc) is 2.38. The van der Waals surface area contributed by atoms with Crippen LogP contribution in [-0.4, -0.2) is 42.4 Å². The molecule has 0 aromatic heterocycles. The summed E-state index contributed by atoms with van der Waals surface area (Å²) >= 11 is 0. The van der Waals surface area contributed by atoms with Crippen molar-refractivity contribution >= 4 is 0 Å². The van der Waals surface area contributed by atoms with E-state index in [0.717, 1.165) is 31.3 Å². The molecule has 100 valence electrons. The molecule has 2 rings (SSSR count). The maximum atomic E-state index is 9.98. The summed E-state index contributed by atoms with van der Waals surface area (Å²) in [5.74, 6) is 1.57. The SMILES string of the molecule is CC1CCCN(CC(O)COc2ccccc2)C1. The molecule has 0 bridgehead atoms. The molecule has 2 unspecified atom stereocenters. The molecule has 0 amide bonds. The summed E-state index contributed by atoms with van der Waals surface area (Å²) in [5.41, 5.74) is 0. The average molecular weight is 249 g/mol. The van der Waals surface area contributed by atoms with E-state index < -0.39 is 6.10 Å². The van der Waals surface area contributed by atoms with Gasteiger partial charge >= 0.3 is 0 Å². The molecule has 1 N–H and O–H groups in total. The van der Waals surface area contributed by atoms with Crippen LogP contribution in [0.3, 0.4) is 0 Å². The van der Waals surface area contributed by atoms with Crippen molar-refractivity contribution < 1.29 is 9.84 Å². The predicted octanol–water partition coefficient (Wildman–Crippen LogP) is 2.16. The Morgan fingerprint density at radius 2 is 2.17 bits per heavy atom. The normalized spacial score (nSPS) is 22.7. The summed E-state index contributed by atoms with van der Waals surface area (Å²) in [6, 6.07) is 9.66. The molecule has 18 heavy (non-hydrogen) atoms. The van der Waals surface area contributed by atoms with Crippen molar-refractivity contribution in [2.45, 2.75) is 25.9 Å². The summed E-state index contributed by atoms with van der Waals surface area (Å²) in [6.45, 7) is 5.57. The molecule has 1 aromatic carbocycles. The van der Waals surface area contributed by atoms with Gasteiger partial charge in [0.25, 0.3) is 0 Å². The van der Waals surface area contributed by atoms with Crippen LogP contribution in [-0.2, 0) is 0 Å². The Hall–Kier alpha value is -1.06. The Labute approximate surface area is 109 Å². The Kier molecular flexibility index (Phi) is 5.02. The molecule has 1 fully saturated rings. The number of hydrogen-bond acceptors (Lipinski definition) is 3. The van der Waals surface area contributed by atoms with Crippen LogP contribution in [0, 0.1) is 5.92 Å². The molecule has 0 spiro atoms. The topological polar surface area (TPSA) is 32.7 Å². The van der Waals surface area contributed by atoms with Gasteiger partial charge in [0.1, 0.15) is 18.5 Å². The number of para-hydroxylation sites is 1. The first kappa shape index (κ1) is 13.4. The summed E-state index contributed by atoms with van der Waals surface area (Å²) in [7, 11) is 0. The fourth-order valence-electron chi connectivity index (χ4n) is 2.51. The third-order valence-electron chi connectivity index (χ3n) is 3.40. The number of rotatable bonds is 5. The lowest BCUT2D eigenvalue weighted by Crippen LogP contribution is -2.41. The lowest BCUT2D eigenvalue weighted by molar-refractivity contribution is 0.0537. The van der Waals surface area contributed by atoms with Gasteiger partial charge in [0, 0.05) is 13.1 Å². The minimum atomic E-state index is -0.407. The third kappa shape index (κ3) is 4.31. The molecular weight excluding hydrogens is 226 g/mol. The summed E-state index contributed by atoms with van der Waals surface area (Å²) in [6.07, 6.45) is 2.15. The molecule has 0 aliphatic carbocycles. The minimum absolute atomic E-state index is 0.370. The fourth-order valence-corrected chi connectivity index (χ4v) is 2.51. The second-order valence-corrected chi connectivity index (χ2v) is 5.28. The van der Waals surface area contributed by atoms with Gasteiger partial charge in [-0.1, -0.05) is 25.1 Å². The van der Waals surface area contributed by atoms with Crippen LogP contribution in [0.4, 0.5) is 0 Å². The van der Waals surface area contributed by atoms with Crippen molar-refractivity contribution in [1.29, 1.82) is 0 Å². The number of benzene rings is 1. The van der Waals surface area contributed by atoms with E-state index in [-0.39, 0.29) is 0 Å². The molecule has 3 nitrogen and oxygen atoms in total. The Balaban J connectivity index is 1.70. The molecule has 1 aliphatic rings. The second kappa shape index (κ2) is 6.76. The van der Waals surface area contributed by atoms with Gasteiger partial charge in [0.15, 0.2) is 0 Å². The highest BCUT2D eigenvalue weighted by Crippen LogP contribution is 2.15. The van der Waals surface area contributed by atoms with E-state index >= 15 is 0 Å². The predicted molar refractivity (Wildman–Crippen MR) is 72.8 cm³/mol. The first-order chi connectivity index (χ1) is 8.74. The third-order valence-corrected chi connectivity index (χ3v) is 3.40.